The Bertz CT molecular complexity index is 1230. The number of benzene rings is 1. The van der Waals surface area contributed by atoms with E-state index in [0.717, 1.165) is 4.70 Å². The normalized spacial score (nSPS) is 18.7. The quantitative estimate of drug-likeness (QED) is 0.519. The molecule has 1 unspecified atom stereocenters. The molecular formula is C19H16N6O3S. The molecule has 0 spiro atoms. The highest BCUT2D eigenvalue weighted by Crippen LogP contribution is 2.31. The number of carbonyl (C=O) groups is 2. The highest BCUT2D eigenvalue weighted by atomic mass is 32.1. The predicted molar refractivity (Wildman–Crippen MR) is 108 cm³/mol. The Labute approximate surface area is 169 Å². The molecular weight excluding hydrogens is 392 g/mol. The summed E-state index contributed by atoms with van der Waals surface area (Å²) in [6.45, 7) is 0.445. The average Bonchev–Trinajstić information content (AvgIpc) is 3.27. The first kappa shape index (κ1) is 18.8. The number of aromatic nitrogens is 3. The third-order valence-corrected chi connectivity index (χ3v) is 5.45. The molecule has 1 saturated heterocycles. The first-order valence-corrected chi connectivity index (χ1v) is 9.47. The number of hydrogen-bond donors (Lipinski definition) is 3. The maximum atomic E-state index is 12.1. The van der Waals surface area contributed by atoms with Crippen molar-refractivity contribution in [3.05, 3.63) is 35.1 Å². The summed E-state index contributed by atoms with van der Waals surface area (Å²) in [5.41, 5.74) is 13.0. The van der Waals surface area contributed by atoms with Gasteiger partial charge in [0.25, 0.3) is 11.8 Å². The highest BCUT2D eigenvalue weighted by molar-refractivity contribution is 7.16. The van der Waals surface area contributed by atoms with Crippen molar-refractivity contribution in [1.29, 1.82) is 0 Å². The van der Waals surface area contributed by atoms with Gasteiger partial charge >= 0.3 is 0 Å². The van der Waals surface area contributed by atoms with Crippen molar-refractivity contribution in [3.8, 4) is 23.1 Å². The standard InChI is InChI=1S/C19H16N6O3S/c1-25-5-4-19(28,18(25)27)3-2-10-6-11(14-13(7-10)29-9-23-14)12-8-22-16(20)15(24-12)17(21)26/h6-9,28H,4-5H2,1H3,(H2,20,22)(H2,21,26). The van der Waals surface area contributed by atoms with E-state index in [9.17, 15) is 14.7 Å². The molecule has 146 valence electrons. The lowest BCUT2D eigenvalue weighted by molar-refractivity contribution is -0.137. The first-order chi connectivity index (χ1) is 13.8. The number of thiazole rings is 1. The second-order valence-electron chi connectivity index (χ2n) is 6.66. The number of likely N-dealkylation sites (tertiary alicyclic amines) is 1. The second kappa shape index (κ2) is 6.80. The van der Waals surface area contributed by atoms with Crippen LogP contribution in [0, 0.1) is 11.8 Å². The minimum absolute atomic E-state index is 0.0576. The lowest BCUT2D eigenvalue weighted by Crippen LogP contribution is -2.37. The van der Waals surface area contributed by atoms with Gasteiger partial charge in [0.1, 0.15) is 0 Å². The summed E-state index contributed by atoms with van der Waals surface area (Å²) in [5.74, 6) is 4.32. The summed E-state index contributed by atoms with van der Waals surface area (Å²) in [4.78, 5) is 37.7. The third-order valence-electron chi connectivity index (χ3n) is 4.67. The summed E-state index contributed by atoms with van der Waals surface area (Å²) in [6, 6.07) is 3.53. The van der Waals surface area contributed by atoms with E-state index in [1.54, 1.807) is 18.6 Å². The van der Waals surface area contributed by atoms with Gasteiger partial charge in [-0.3, -0.25) is 9.59 Å². The van der Waals surface area contributed by atoms with Crippen LogP contribution in [0.1, 0.15) is 22.5 Å². The van der Waals surface area contributed by atoms with Crippen molar-refractivity contribution in [2.45, 2.75) is 12.0 Å². The number of amides is 2. The van der Waals surface area contributed by atoms with Crippen LogP contribution < -0.4 is 11.5 Å². The molecule has 1 aliphatic rings. The number of carbonyl (C=O) groups excluding carboxylic acids is 2. The molecule has 1 fully saturated rings. The number of nitrogens with zero attached hydrogens (tertiary/aromatic N) is 4. The van der Waals surface area contributed by atoms with Crippen molar-refractivity contribution >= 4 is 39.2 Å². The van der Waals surface area contributed by atoms with Crippen LogP contribution in [0.2, 0.25) is 0 Å². The fourth-order valence-electron chi connectivity index (χ4n) is 3.09. The van der Waals surface area contributed by atoms with Crippen molar-refractivity contribution < 1.29 is 14.7 Å². The molecule has 29 heavy (non-hydrogen) atoms. The number of nitrogen functional groups attached to an aromatic ring is 1. The van der Waals surface area contributed by atoms with E-state index in [0.29, 0.717) is 28.9 Å². The summed E-state index contributed by atoms with van der Waals surface area (Å²) in [7, 11) is 1.62. The van der Waals surface area contributed by atoms with Gasteiger partial charge in [0.05, 0.1) is 27.6 Å². The molecule has 2 amide bonds. The zero-order valence-electron chi connectivity index (χ0n) is 15.3. The predicted octanol–water partition coefficient (Wildman–Crippen LogP) is 0.379. The minimum Gasteiger partial charge on any atom is -0.382 e. The largest absolute Gasteiger partial charge is 0.382 e. The van der Waals surface area contributed by atoms with Crippen molar-refractivity contribution in [1.82, 2.24) is 19.9 Å². The van der Waals surface area contributed by atoms with Crippen LogP contribution in [0.25, 0.3) is 21.5 Å². The van der Waals surface area contributed by atoms with Crippen LogP contribution in [-0.4, -0.2) is 56.0 Å². The Morgan fingerprint density at radius 3 is 2.86 bits per heavy atom. The molecule has 5 N–H and O–H groups in total. The van der Waals surface area contributed by atoms with Crippen molar-refractivity contribution in [2.24, 2.45) is 5.73 Å². The Hall–Kier alpha value is -3.55. The SMILES string of the molecule is CN1CCC(O)(C#Cc2cc(-c3cnc(N)c(C(N)=O)n3)c3ncsc3c2)C1=O. The molecule has 0 radical (unpaired) electrons. The summed E-state index contributed by atoms with van der Waals surface area (Å²) >= 11 is 1.40. The molecule has 0 saturated carbocycles. The summed E-state index contributed by atoms with van der Waals surface area (Å²) in [5, 5.41) is 10.5. The van der Waals surface area contributed by atoms with Crippen molar-refractivity contribution in [3.63, 3.8) is 0 Å². The van der Waals surface area contributed by atoms with E-state index < -0.39 is 17.4 Å². The second-order valence-corrected chi connectivity index (χ2v) is 7.55. The van der Waals surface area contributed by atoms with E-state index in [4.69, 9.17) is 11.5 Å². The zero-order chi connectivity index (χ0) is 20.8. The van der Waals surface area contributed by atoms with Gasteiger partial charge in [-0.15, -0.1) is 11.3 Å². The number of fused-ring (bicyclic) bond motifs is 1. The molecule has 0 aliphatic carbocycles. The third kappa shape index (κ3) is 3.26. The molecule has 0 bridgehead atoms. The van der Waals surface area contributed by atoms with E-state index in [1.807, 2.05) is 6.07 Å². The number of likely N-dealkylation sites (N-methyl/N-ethyl adjacent to an activating group) is 1. The Balaban J connectivity index is 1.83. The number of nitrogens with two attached hydrogens (primary N) is 2. The molecule has 1 atom stereocenters. The highest BCUT2D eigenvalue weighted by Gasteiger charge is 2.42. The molecule has 9 nitrogen and oxygen atoms in total. The molecule has 2 aromatic heterocycles. The average molecular weight is 408 g/mol. The van der Waals surface area contributed by atoms with Crippen molar-refractivity contribution in [2.75, 3.05) is 19.3 Å². The molecule has 3 heterocycles. The smallest absolute Gasteiger partial charge is 0.271 e. The summed E-state index contributed by atoms with van der Waals surface area (Å²) < 4.78 is 0.827. The minimum atomic E-state index is -1.70. The monoisotopic (exact) mass is 408 g/mol. The van der Waals surface area contributed by atoms with E-state index >= 15 is 0 Å². The van der Waals surface area contributed by atoms with Crippen LogP contribution in [0.3, 0.4) is 0 Å². The number of rotatable bonds is 2. The van der Waals surface area contributed by atoms with Gasteiger partial charge in [-0.25, -0.2) is 15.0 Å². The maximum absolute atomic E-state index is 12.1. The lowest BCUT2D eigenvalue weighted by atomic mass is 10.0. The van der Waals surface area contributed by atoms with Gasteiger partial charge in [0.15, 0.2) is 11.5 Å². The molecule has 1 aromatic carbocycles. The number of aliphatic hydroxyl groups is 1. The zero-order valence-corrected chi connectivity index (χ0v) is 16.2. The van der Waals surface area contributed by atoms with Crippen LogP contribution in [0.5, 0.6) is 0 Å². The first-order valence-electron chi connectivity index (χ1n) is 8.59. The topological polar surface area (TPSA) is 148 Å². The Morgan fingerprint density at radius 2 is 2.17 bits per heavy atom. The van der Waals surface area contributed by atoms with Crippen LogP contribution in [0.15, 0.2) is 23.8 Å². The fraction of sp³-hybridized carbons (Fsp3) is 0.211. The van der Waals surface area contributed by atoms with Gasteiger partial charge in [-0.1, -0.05) is 11.8 Å². The fourth-order valence-corrected chi connectivity index (χ4v) is 3.83. The van der Waals surface area contributed by atoms with Crippen LogP contribution in [-0.2, 0) is 4.79 Å². The number of hydrogen-bond acceptors (Lipinski definition) is 8. The number of primary amides is 1. The van der Waals surface area contributed by atoms with Crippen LogP contribution in [0.4, 0.5) is 5.82 Å². The van der Waals surface area contributed by atoms with Gasteiger partial charge in [0, 0.05) is 31.1 Å². The molecule has 3 aromatic rings. The molecule has 10 heteroatoms. The maximum Gasteiger partial charge on any atom is 0.271 e. The molecule has 1 aliphatic heterocycles. The van der Waals surface area contributed by atoms with Crippen LogP contribution >= 0.6 is 11.3 Å². The lowest BCUT2D eigenvalue weighted by Gasteiger charge is -2.13. The van der Waals surface area contributed by atoms with E-state index in [2.05, 4.69) is 26.8 Å². The number of anilines is 1. The Kier molecular flexibility index (Phi) is 4.41. The summed E-state index contributed by atoms with van der Waals surface area (Å²) in [6.07, 6.45) is 1.67. The van der Waals surface area contributed by atoms with E-state index in [1.165, 1.54) is 22.4 Å². The van der Waals surface area contributed by atoms with Gasteiger partial charge < -0.3 is 21.5 Å². The Morgan fingerprint density at radius 1 is 1.38 bits per heavy atom. The molecule has 4 rings (SSSR count). The van der Waals surface area contributed by atoms with Gasteiger partial charge in [0.2, 0.25) is 5.60 Å². The van der Waals surface area contributed by atoms with E-state index in [-0.39, 0.29) is 17.9 Å². The van der Waals surface area contributed by atoms with Gasteiger partial charge in [-0.05, 0) is 12.1 Å². The van der Waals surface area contributed by atoms with Gasteiger partial charge in [-0.2, -0.15) is 0 Å².